The molecule has 36 heavy (non-hydrogen) atoms. The van der Waals surface area contributed by atoms with Gasteiger partial charge in [0, 0.05) is 16.0 Å². The quantitative estimate of drug-likeness (QED) is 0.174. The minimum Gasteiger partial charge on any atom is -0.477 e. The summed E-state index contributed by atoms with van der Waals surface area (Å²) in [6, 6.07) is -0.977. The predicted octanol–water partition coefficient (Wildman–Crippen LogP) is 1.63. The Morgan fingerprint density at radius 1 is 1.42 bits per heavy atom. The first-order valence-corrected chi connectivity index (χ1v) is 13.8. The maximum atomic E-state index is 13.1. The second-order valence-electron chi connectivity index (χ2n) is 8.66. The molecule has 1 saturated heterocycles. The molecule has 1 fully saturated rings. The van der Waals surface area contributed by atoms with Gasteiger partial charge in [0.15, 0.2) is 10.8 Å². The van der Waals surface area contributed by atoms with Crippen LogP contribution in [0.25, 0.3) is 0 Å². The third kappa shape index (κ3) is 6.13. The number of nitrogens with two attached hydrogens (primary N) is 1. The number of thiazole rings is 1. The number of nitrogen functional groups attached to an aromatic ring is 1. The van der Waals surface area contributed by atoms with E-state index >= 15 is 0 Å². The van der Waals surface area contributed by atoms with Crippen molar-refractivity contribution in [1.82, 2.24) is 15.2 Å². The van der Waals surface area contributed by atoms with Gasteiger partial charge in [-0.25, -0.2) is 14.6 Å². The van der Waals surface area contributed by atoms with Crippen LogP contribution in [-0.4, -0.2) is 79.1 Å². The largest absolute Gasteiger partial charge is 0.477 e. The molecule has 0 aromatic carbocycles. The number of carboxylic acid groups (broad SMARTS) is 1. The summed E-state index contributed by atoms with van der Waals surface area (Å²) in [6.07, 6.45) is -1.13. The summed E-state index contributed by atoms with van der Waals surface area (Å²) in [5.74, 6) is -2.14. The van der Waals surface area contributed by atoms with E-state index in [4.69, 9.17) is 15.3 Å². The number of esters is 1. The molecule has 2 aliphatic rings. The Hall–Kier alpha value is -2.78. The smallest absolute Gasteiger partial charge is 0.353 e. The topological polar surface area (TPSA) is 174 Å². The van der Waals surface area contributed by atoms with Gasteiger partial charge in [-0.05, 0) is 33.4 Å². The van der Waals surface area contributed by atoms with E-state index in [1.165, 1.54) is 40.7 Å². The highest BCUT2D eigenvalue weighted by atomic mass is 32.2. The number of carboxylic acids is 1. The fourth-order valence-electron chi connectivity index (χ4n) is 3.25. The number of hydrogen-bond acceptors (Lipinski definition) is 12. The van der Waals surface area contributed by atoms with Crippen LogP contribution in [0, 0.1) is 0 Å². The summed E-state index contributed by atoms with van der Waals surface area (Å²) in [5, 5.41) is 17.2. The number of carbonyl (C=O) groups excluding carboxylic acids is 3. The molecule has 1 aromatic heterocycles. The van der Waals surface area contributed by atoms with Gasteiger partial charge in [0.05, 0.1) is 0 Å². The van der Waals surface area contributed by atoms with E-state index in [0.29, 0.717) is 16.4 Å². The van der Waals surface area contributed by atoms with Gasteiger partial charge in [-0.1, -0.05) is 12.1 Å². The van der Waals surface area contributed by atoms with Crippen LogP contribution in [0.5, 0.6) is 0 Å². The highest BCUT2D eigenvalue weighted by molar-refractivity contribution is 8.06. The number of thioether (sulfide) groups is 2. The highest BCUT2D eigenvalue weighted by Crippen LogP contribution is 2.43. The van der Waals surface area contributed by atoms with Crippen molar-refractivity contribution in [2.45, 2.75) is 57.7 Å². The number of β-lactam (4-membered cyclic amide) rings is 1. The van der Waals surface area contributed by atoms with Crippen LogP contribution in [0.15, 0.2) is 21.1 Å². The van der Waals surface area contributed by atoms with Crippen molar-refractivity contribution in [3.05, 3.63) is 21.7 Å². The number of nitrogens with one attached hydrogen (secondary N) is 1. The zero-order valence-corrected chi connectivity index (χ0v) is 22.7. The highest BCUT2D eigenvalue weighted by Gasteiger charge is 2.54. The number of aliphatic carboxylic acids is 1. The van der Waals surface area contributed by atoms with E-state index in [1.54, 1.807) is 20.8 Å². The standard InChI is InChI=1S/C21H27N5O7S3/c1-6-34-11-8-35-17-13(16(28)26(17)14(11)18(29)30)24-15(27)12(10-7-36-20(22)23-10)25-33-9(2)19(31)32-21(3,4)5/h7,9,13,17H,6,8H2,1-5H3,(H2,22,23)(H,24,27)(H,29,30)/b25-12+/t9?,13?,17-/m1/s1. The van der Waals surface area contributed by atoms with Crippen molar-refractivity contribution >= 4 is 69.5 Å². The van der Waals surface area contributed by atoms with Gasteiger partial charge in [-0.15, -0.1) is 34.9 Å². The molecular formula is C21H27N5O7S3. The fourth-order valence-corrected chi connectivity index (χ4v) is 6.20. The van der Waals surface area contributed by atoms with E-state index in [1.807, 2.05) is 6.92 Å². The summed E-state index contributed by atoms with van der Waals surface area (Å²) in [6.45, 7) is 8.42. The fraction of sp³-hybridized carbons (Fsp3) is 0.524. The maximum Gasteiger partial charge on any atom is 0.353 e. The Bertz CT molecular complexity index is 1130. The molecule has 2 amide bonds. The monoisotopic (exact) mass is 557 g/mol. The van der Waals surface area contributed by atoms with Crippen molar-refractivity contribution in [2.75, 3.05) is 17.2 Å². The van der Waals surface area contributed by atoms with Gasteiger partial charge < -0.3 is 25.7 Å². The molecule has 196 valence electrons. The van der Waals surface area contributed by atoms with Crippen LogP contribution in [0.1, 0.15) is 40.3 Å². The second-order valence-corrected chi connectivity index (χ2v) is 12.0. The molecule has 15 heteroatoms. The molecule has 2 aliphatic heterocycles. The first-order chi connectivity index (χ1) is 16.8. The van der Waals surface area contributed by atoms with Crippen LogP contribution in [0.2, 0.25) is 0 Å². The molecule has 3 atom stereocenters. The molecule has 0 aliphatic carbocycles. The van der Waals surface area contributed by atoms with Crippen molar-refractivity contribution < 1.29 is 33.9 Å². The molecule has 2 unspecified atom stereocenters. The summed E-state index contributed by atoms with van der Waals surface area (Å²) in [4.78, 5) is 61.2. The molecule has 3 heterocycles. The minimum absolute atomic E-state index is 0.0585. The van der Waals surface area contributed by atoms with Gasteiger partial charge in [-0.2, -0.15) is 0 Å². The lowest BCUT2D eigenvalue weighted by atomic mass is 10.0. The van der Waals surface area contributed by atoms with Gasteiger partial charge in [0.25, 0.3) is 11.8 Å². The van der Waals surface area contributed by atoms with E-state index in [2.05, 4.69) is 15.5 Å². The second kappa shape index (κ2) is 11.1. The predicted molar refractivity (Wildman–Crippen MR) is 137 cm³/mol. The molecular weight excluding hydrogens is 530 g/mol. The summed E-state index contributed by atoms with van der Waals surface area (Å²) >= 11 is 3.80. The Morgan fingerprint density at radius 3 is 2.67 bits per heavy atom. The summed E-state index contributed by atoms with van der Waals surface area (Å²) in [7, 11) is 0. The Kier molecular flexibility index (Phi) is 8.56. The van der Waals surface area contributed by atoms with Gasteiger partial charge in [0.2, 0.25) is 6.10 Å². The summed E-state index contributed by atoms with van der Waals surface area (Å²) in [5.41, 5.74) is 4.70. The Balaban J connectivity index is 1.78. The molecule has 0 saturated carbocycles. The lowest BCUT2D eigenvalue weighted by molar-refractivity contribution is -0.167. The van der Waals surface area contributed by atoms with Crippen LogP contribution in [0.3, 0.4) is 0 Å². The molecule has 1 aromatic rings. The SMILES string of the molecule is CCSC1=C(C(=O)O)N2C(=O)C(NC(=O)/C(=N/OC(C)C(=O)OC(C)(C)C)c3csc(N)n3)[C@H]2SC1. The molecule has 4 N–H and O–H groups in total. The van der Waals surface area contributed by atoms with Crippen LogP contribution >= 0.6 is 34.9 Å². The number of ether oxygens (including phenoxy) is 1. The van der Waals surface area contributed by atoms with Crippen molar-refractivity contribution in [3.63, 3.8) is 0 Å². The number of aromatic nitrogens is 1. The lowest BCUT2D eigenvalue weighted by Crippen LogP contribution is -2.71. The Labute approximate surface area is 220 Å². The van der Waals surface area contributed by atoms with E-state index in [9.17, 15) is 24.3 Å². The third-order valence-corrected chi connectivity index (χ3v) is 7.87. The number of hydrogen-bond donors (Lipinski definition) is 3. The zero-order chi connectivity index (χ0) is 26.8. The maximum absolute atomic E-state index is 13.1. The number of carbonyl (C=O) groups is 4. The van der Waals surface area contributed by atoms with Gasteiger partial charge in [0.1, 0.15) is 28.4 Å². The number of rotatable bonds is 9. The molecule has 0 bridgehead atoms. The van der Waals surface area contributed by atoms with Crippen LogP contribution in [-0.2, 0) is 28.8 Å². The molecule has 0 spiro atoms. The van der Waals surface area contributed by atoms with Crippen LogP contribution < -0.4 is 11.1 Å². The van der Waals surface area contributed by atoms with Crippen molar-refractivity contribution in [3.8, 4) is 0 Å². The van der Waals surface area contributed by atoms with Crippen molar-refractivity contribution in [2.24, 2.45) is 5.16 Å². The molecule has 0 radical (unpaired) electrons. The number of fused-ring (bicyclic) bond motifs is 1. The third-order valence-electron chi connectivity index (χ3n) is 4.76. The first-order valence-electron chi connectivity index (χ1n) is 10.9. The number of amides is 2. The lowest BCUT2D eigenvalue weighted by Gasteiger charge is -2.49. The normalized spacial score (nSPS) is 20.9. The number of nitrogens with zero attached hydrogens (tertiary/aromatic N) is 3. The average Bonchev–Trinajstić information content (AvgIpc) is 3.21. The van der Waals surface area contributed by atoms with E-state index in [0.717, 1.165) is 11.3 Å². The van der Waals surface area contributed by atoms with Crippen LogP contribution in [0.4, 0.5) is 5.13 Å². The first kappa shape index (κ1) is 27.8. The summed E-state index contributed by atoms with van der Waals surface area (Å²) < 4.78 is 5.25. The van der Waals surface area contributed by atoms with Gasteiger partial charge in [-0.3, -0.25) is 14.5 Å². The Morgan fingerprint density at radius 2 is 2.11 bits per heavy atom. The van der Waals surface area contributed by atoms with E-state index in [-0.39, 0.29) is 22.2 Å². The molecule has 12 nitrogen and oxygen atoms in total. The van der Waals surface area contributed by atoms with E-state index < -0.39 is 46.9 Å². The van der Waals surface area contributed by atoms with Crippen molar-refractivity contribution in [1.29, 1.82) is 0 Å². The minimum atomic E-state index is -1.20. The number of oxime groups is 1. The number of anilines is 1. The zero-order valence-electron chi connectivity index (χ0n) is 20.3. The van der Waals surface area contributed by atoms with Gasteiger partial charge >= 0.3 is 11.9 Å². The average molecular weight is 558 g/mol. The molecule has 3 rings (SSSR count).